The third-order valence-corrected chi connectivity index (χ3v) is 4.26. The summed E-state index contributed by atoms with van der Waals surface area (Å²) in [5, 5.41) is 15.9. The second-order valence-electron chi connectivity index (χ2n) is 4.53. The van der Waals surface area contributed by atoms with Crippen molar-refractivity contribution in [3.63, 3.8) is 0 Å². The smallest absolute Gasteiger partial charge is 0.264 e. The number of hydrogen-bond acceptors (Lipinski definition) is 5. The van der Waals surface area contributed by atoms with Crippen molar-refractivity contribution >= 4 is 17.4 Å². The summed E-state index contributed by atoms with van der Waals surface area (Å²) in [5.41, 5.74) is 0.678. The molecule has 0 saturated heterocycles. The van der Waals surface area contributed by atoms with Gasteiger partial charge in [-0.1, -0.05) is 10.9 Å². The molecule has 5 nitrogen and oxygen atoms in total. The summed E-state index contributed by atoms with van der Waals surface area (Å²) in [4.78, 5) is 12.4. The Bertz CT molecular complexity index is 394. The number of rotatable bonds is 4. The van der Waals surface area contributed by atoms with E-state index in [4.69, 9.17) is 0 Å². The van der Waals surface area contributed by atoms with Gasteiger partial charge in [-0.2, -0.15) is 0 Å². The van der Waals surface area contributed by atoms with Crippen molar-refractivity contribution in [1.29, 1.82) is 0 Å². The predicted octanol–water partition coefficient (Wildman–Crippen LogP) is 0.985. The maximum absolute atomic E-state index is 11.8. The van der Waals surface area contributed by atoms with Gasteiger partial charge in [-0.05, 0) is 43.1 Å². The third-order valence-electron chi connectivity index (χ3n) is 3.43. The van der Waals surface area contributed by atoms with Crippen LogP contribution >= 0.6 is 11.5 Å². The molecule has 0 spiro atoms. The first kappa shape index (κ1) is 12.4. The molecule has 1 amide bonds. The van der Waals surface area contributed by atoms with Gasteiger partial charge in [0.05, 0.1) is 5.69 Å². The molecule has 94 valence electrons. The van der Waals surface area contributed by atoms with Crippen LogP contribution in [0.15, 0.2) is 0 Å². The molecule has 2 atom stereocenters. The van der Waals surface area contributed by atoms with Crippen molar-refractivity contribution in [3.8, 4) is 0 Å². The Morgan fingerprint density at radius 1 is 1.53 bits per heavy atom. The van der Waals surface area contributed by atoms with Gasteiger partial charge in [0.2, 0.25) is 0 Å². The van der Waals surface area contributed by atoms with E-state index in [9.17, 15) is 9.90 Å². The van der Waals surface area contributed by atoms with Crippen molar-refractivity contribution < 1.29 is 9.90 Å². The van der Waals surface area contributed by atoms with E-state index in [-0.39, 0.29) is 12.5 Å². The lowest BCUT2D eigenvalue weighted by Crippen LogP contribution is -2.31. The van der Waals surface area contributed by atoms with Gasteiger partial charge in [0, 0.05) is 13.2 Å². The van der Waals surface area contributed by atoms with Crippen LogP contribution in [0, 0.1) is 18.8 Å². The molecular weight excluding hydrogens is 238 g/mol. The quantitative estimate of drug-likeness (QED) is 0.841. The standard InChI is InChI=1S/C11H17N3O2S/c1-7-10(17-14-13-7)11(16)12-5-8-3-2-4-9(8)6-15/h8-9,15H,2-6H2,1H3,(H,12,16). The number of aryl methyl sites for hydroxylation is 1. The van der Waals surface area contributed by atoms with Gasteiger partial charge in [0.1, 0.15) is 4.88 Å². The Balaban J connectivity index is 1.86. The first-order valence-electron chi connectivity index (χ1n) is 5.90. The van der Waals surface area contributed by atoms with Crippen LogP contribution in [0.4, 0.5) is 0 Å². The minimum absolute atomic E-state index is 0.0962. The first-order chi connectivity index (χ1) is 8.22. The predicted molar refractivity (Wildman–Crippen MR) is 64.9 cm³/mol. The Kier molecular flexibility index (Phi) is 4.06. The molecule has 1 aliphatic rings. The summed E-state index contributed by atoms with van der Waals surface area (Å²) in [5.74, 6) is 0.655. The zero-order chi connectivity index (χ0) is 12.3. The molecule has 1 fully saturated rings. The van der Waals surface area contributed by atoms with Crippen LogP contribution in [0.3, 0.4) is 0 Å². The van der Waals surface area contributed by atoms with Gasteiger partial charge in [-0.3, -0.25) is 4.79 Å². The van der Waals surface area contributed by atoms with Gasteiger partial charge in [-0.25, -0.2) is 0 Å². The first-order valence-corrected chi connectivity index (χ1v) is 6.67. The van der Waals surface area contributed by atoms with Gasteiger partial charge < -0.3 is 10.4 Å². The molecule has 2 N–H and O–H groups in total. The molecule has 17 heavy (non-hydrogen) atoms. The van der Waals surface area contributed by atoms with Crippen LogP contribution < -0.4 is 5.32 Å². The van der Waals surface area contributed by atoms with E-state index in [1.807, 2.05) is 0 Å². The molecule has 1 heterocycles. The van der Waals surface area contributed by atoms with Gasteiger partial charge in [0.15, 0.2) is 0 Å². The lowest BCUT2D eigenvalue weighted by Gasteiger charge is -2.17. The summed E-state index contributed by atoms with van der Waals surface area (Å²) < 4.78 is 3.74. The molecule has 1 aromatic rings. The van der Waals surface area contributed by atoms with Crippen LogP contribution in [-0.2, 0) is 0 Å². The lowest BCUT2D eigenvalue weighted by atomic mass is 9.97. The van der Waals surface area contributed by atoms with Crippen molar-refractivity contribution in [2.45, 2.75) is 26.2 Å². The van der Waals surface area contributed by atoms with Crippen LogP contribution in [0.25, 0.3) is 0 Å². The second kappa shape index (κ2) is 5.55. The number of hydrogen-bond donors (Lipinski definition) is 2. The Morgan fingerprint density at radius 2 is 2.29 bits per heavy atom. The van der Waals surface area contributed by atoms with E-state index >= 15 is 0 Å². The molecule has 2 unspecified atom stereocenters. The number of aromatic nitrogens is 2. The molecule has 0 radical (unpaired) electrons. The molecule has 6 heteroatoms. The highest BCUT2D eigenvalue weighted by Gasteiger charge is 2.27. The Hall–Kier alpha value is -1.01. The summed E-state index contributed by atoms with van der Waals surface area (Å²) in [6.07, 6.45) is 3.30. The molecular formula is C11H17N3O2S. The van der Waals surface area contributed by atoms with Gasteiger partial charge in [0.25, 0.3) is 5.91 Å². The van der Waals surface area contributed by atoms with Crippen molar-refractivity contribution in [2.75, 3.05) is 13.2 Å². The van der Waals surface area contributed by atoms with Crippen molar-refractivity contribution in [3.05, 3.63) is 10.6 Å². The van der Waals surface area contributed by atoms with E-state index < -0.39 is 0 Å². The van der Waals surface area contributed by atoms with Crippen molar-refractivity contribution in [2.24, 2.45) is 11.8 Å². The summed E-state index contributed by atoms with van der Waals surface area (Å²) in [6.45, 7) is 2.65. The van der Waals surface area contributed by atoms with Crippen LogP contribution in [0.1, 0.15) is 34.6 Å². The highest BCUT2D eigenvalue weighted by Crippen LogP contribution is 2.30. The highest BCUT2D eigenvalue weighted by molar-refractivity contribution is 7.07. The molecule has 0 bridgehead atoms. The number of amides is 1. The third kappa shape index (κ3) is 2.81. The zero-order valence-corrected chi connectivity index (χ0v) is 10.7. The fourth-order valence-electron chi connectivity index (χ4n) is 2.37. The molecule has 1 aliphatic carbocycles. The van der Waals surface area contributed by atoms with Crippen LogP contribution in [-0.4, -0.2) is 33.8 Å². The minimum Gasteiger partial charge on any atom is -0.396 e. The monoisotopic (exact) mass is 255 g/mol. The van der Waals surface area contributed by atoms with Gasteiger partial charge in [-0.15, -0.1) is 5.10 Å². The largest absolute Gasteiger partial charge is 0.396 e. The van der Waals surface area contributed by atoms with Crippen LogP contribution in [0.2, 0.25) is 0 Å². The van der Waals surface area contributed by atoms with Crippen molar-refractivity contribution in [1.82, 2.24) is 14.9 Å². The zero-order valence-electron chi connectivity index (χ0n) is 9.85. The maximum Gasteiger partial charge on any atom is 0.264 e. The molecule has 1 saturated carbocycles. The number of aliphatic hydroxyl groups excluding tert-OH is 1. The highest BCUT2D eigenvalue weighted by atomic mass is 32.1. The Morgan fingerprint density at radius 3 is 2.94 bits per heavy atom. The van der Waals surface area contributed by atoms with E-state index in [1.165, 1.54) is 0 Å². The van der Waals surface area contributed by atoms with E-state index in [0.29, 0.717) is 29.0 Å². The molecule has 0 aromatic carbocycles. The summed E-state index contributed by atoms with van der Waals surface area (Å²) in [7, 11) is 0. The Labute approximate surface area is 104 Å². The number of nitrogens with one attached hydrogen (secondary N) is 1. The van der Waals surface area contributed by atoms with E-state index in [2.05, 4.69) is 14.9 Å². The SMILES string of the molecule is Cc1nnsc1C(=O)NCC1CCCC1CO. The summed E-state index contributed by atoms with van der Waals surface area (Å²) >= 11 is 1.12. The normalized spacial score (nSPS) is 23.9. The van der Waals surface area contributed by atoms with Gasteiger partial charge >= 0.3 is 0 Å². The fraction of sp³-hybridized carbons (Fsp3) is 0.727. The lowest BCUT2D eigenvalue weighted by molar-refractivity contribution is 0.0941. The fourth-order valence-corrected chi connectivity index (χ4v) is 2.94. The number of carbonyl (C=O) groups excluding carboxylic acids is 1. The summed E-state index contributed by atoms with van der Waals surface area (Å²) in [6, 6.07) is 0. The topological polar surface area (TPSA) is 75.1 Å². The molecule has 1 aromatic heterocycles. The van der Waals surface area contributed by atoms with Crippen LogP contribution in [0.5, 0.6) is 0 Å². The molecule has 2 rings (SSSR count). The maximum atomic E-state index is 11.8. The number of aliphatic hydroxyl groups is 1. The average Bonchev–Trinajstić information content (AvgIpc) is 2.94. The van der Waals surface area contributed by atoms with E-state index in [1.54, 1.807) is 6.92 Å². The second-order valence-corrected chi connectivity index (χ2v) is 5.29. The molecule has 0 aliphatic heterocycles. The van der Waals surface area contributed by atoms with E-state index in [0.717, 1.165) is 30.8 Å². The number of carbonyl (C=O) groups is 1. The minimum atomic E-state index is -0.0962. The average molecular weight is 255 g/mol. The number of nitrogens with zero attached hydrogens (tertiary/aromatic N) is 2.